The number of nitrogens with one attached hydrogen (secondary N) is 1. The number of aliphatic hydroxyl groups excluding tert-OH is 1. The van der Waals surface area contributed by atoms with E-state index < -0.39 is 6.10 Å². The number of amides is 1. The first-order chi connectivity index (χ1) is 17.4. The molecule has 1 aromatic heterocycles. The number of phenols is 1. The van der Waals surface area contributed by atoms with Crippen molar-refractivity contribution in [1.82, 2.24) is 4.98 Å². The Bertz CT molecular complexity index is 1420. The monoisotopic (exact) mass is 484 g/mol. The first-order valence-corrected chi connectivity index (χ1v) is 11.8. The van der Waals surface area contributed by atoms with Gasteiger partial charge in [-0.25, -0.2) is 4.39 Å². The number of anilines is 1. The van der Waals surface area contributed by atoms with Crippen LogP contribution in [-0.2, 0) is 4.79 Å². The maximum absolute atomic E-state index is 13.3. The number of β-lactam (4-membered cyclic amide) rings is 1. The molecule has 2 heterocycles. The van der Waals surface area contributed by atoms with Gasteiger partial charge in [-0.15, -0.1) is 0 Å². The molecular formula is C29H25FN2O4. The molecule has 6 nitrogen and oxygen atoms in total. The fourth-order valence-corrected chi connectivity index (χ4v) is 4.81. The summed E-state index contributed by atoms with van der Waals surface area (Å²) in [6.45, 7) is 0. The van der Waals surface area contributed by atoms with Gasteiger partial charge in [0.15, 0.2) is 0 Å². The maximum atomic E-state index is 13.3. The Morgan fingerprint density at radius 3 is 2.28 bits per heavy atom. The summed E-state index contributed by atoms with van der Waals surface area (Å²) in [7, 11) is 0. The quantitative estimate of drug-likeness (QED) is 0.318. The first-order valence-electron chi connectivity index (χ1n) is 11.8. The van der Waals surface area contributed by atoms with Crippen molar-refractivity contribution >= 4 is 11.6 Å². The zero-order valence-electron chi connectivity index (χ0n) is 19.3. The number of carbonyl (C=O) groups is 1. The van der Waals surface area contributed by atoms with Gasteiger partial charge in [0.1, 0.15) is 11.6 Å². The van der Waals surface area contributed by atoms with E-state index >= 15 is 0 Å². The standard InChI is InChI=1S/C29H25FN2O4/c30-21-9-3-19(4-10-21)26(34)16-15-25-27(20-7-13-23(33)14-8-20)32(29(25)36)22-11-5-18(6-12-22)24-2-1-17-31-28(24)35/h1-14,17,25-27,33-34H,15-16H2,(H,31,35)/t25-,26+,27-/m1/s1. The van der Waals surface area contributed by atoms with Gasteiger partial charge >= 0.3 is 0 Å². The number of carbonyl (C=O) groups excluding carboxylic acids is 1. The number of H-pyrrole nitrogens is 1. The predicted molar refractivity (Wildman–Crippen MR) is 135 cm³/mol. The number of aliphatic hydroxyl groups is 1. The lowest BCUT2D eigenvalue weighted by Crippen LogP contribution is -2.55. The number of hydrogen-bond acceptors (Lipinski definition) is 4. The van der Waals surface area contributed by atoms with E-state index in [0.717, 1.165) is 11.1 Å². The molecule has 182 valence electrons. The first kappa shape index (κ1) is 23.5. The van der Waals surface area contributed by atoms with Crippen LogP contribution in [0.15, 0.2) is 95.9 Å². The molecule has 1 saturated heterocycles. The summed E-state index contributed by atoms with van der Waals surface area (Å²) in [5, 5.41) is 20.3. The Balaban J connectivity index is 1.38. The van der Waals surface area contributed by atoms with Gasteiger partial charge in [0.2, 0.25) is 5.91 Å². The van der Waals surface area contributed by atoms with Crippen LogP contribution < -0.4 is 10.5 Å². The van der Waals surface area contributed by atoms with E-state index in [9.17, 15) is 24.2 Å². The lowest BCUT2D eigenvalue weighted by Gasteiger charge is -2.48. The van der Waals surface area contributed by atoms with Crippen LogP contribution in [0.5, 0.6) is 5.75 Å². The third-order valence-corrected chi connectivity index (χ3v) is 6.73. The minimum atomic E-state index is -0.809. The number of aromatic amines is 1. The normalized spacial score (nSPS) is 18.1. The van der Waals surface area contributed by atoms with Crippen LogP contribution in [0.3, 0.4) is 0 Å². The van der Waals surface area contributed by atoms with Crippen molar-refractivity contribution < 1.29 is 19.4 Å². The summed E-state index contributed by atoms with van der Waals surface area (Å²) in [6, 6.07) is 23.0. The number of halogens is 1. The largest absolute Gasteiger partial charge is 0.508 e. The molecule has 0 bridgehead atoms. The van der Waals surface area contributed by atoms with Gasteiger partial charge in [0.05, 0.1) is 18.1 Å². The molecule has 1 aliphatic rings. The van der Waals surface area contributed by atoms with Crippen molar-refractivity contribution in [3.63, 3.8) is 0 Å². The molecular weight excluding hydrogens is 459 g/mol. The number of rotatable bonds is 7. The SMILES string of the molecule is O=C1[C@H](CC[C@H](O)c2ccc(F)cc2)[C@@H](c2ccc(O)cc2)N1c1ccc(-c2ccc[nH]c2=O)cc1. The van der Waals surface area contributed by atoms with E-state index in [4.69, 9.17) is 0 Å². The van der Waals surface area contributed by atoms with Crippen LogP contribution >= 0.6 is 0 Å². The molecule has 0 radical (unpaired) electrons. The summed E-state index contributed by atoms with van der Waals surface area (Å²) >= 11 is 0. The van der Waals surface area contributed by atoms with Crippen LogP contribution in [0.25, 0.3) is 11.1 Å². The lowest BCUT2D eigenvalue weighted by atomic mass is 9.78. The van der Waals surface area contributed by atoms with Crippen molar-refractivity contribution in [2.75, 3.05) is 4.90 Å². The number of hydrogen-bond donors (Lipinski definition) is 3. The van der Waals surface area contributed by atoms with E-state index in [0.29, 0.717) is 29.7 Å². The van der Waals surface area contributed by atoms with Gasteiger partial charge in [0, 0.05) is 17.4 Å². The van der Waals surface area contributed by atoms with Crippen molar-refractivity contribution in [3.8, 4) is 16.9 Å². The van der Waals surface area contributed by atoms with Crippen LogP contribution in [-0.4, -0.2) is 21.1 Å². The molecule has 0 unspecified atom stereocenters. The second kappa shape index (κ2) is 9.79. The molecule has 1 amide bonds. The summed E-state index contributed by atoms with van der Waals surface area (Å²) in [6.07, 6.45) is 1.56. The molecule has 0 saturated carbocycles. The molecule has 7 heteroatoms. The number of benzene rings is 3. The highest BCUT2D eigenvalue weighted by Gasteiger charge is 2.48. The minimum Gasteiger partial charge on any atom is -0.508 e. The molecule has 5 rings (SSSR count). The van der Waals surface area contributed by atoms with E-state index in [1.54, 1.807) is 59.6 Å². The second-order valence-electron chi connectivity index (χ2n) is 8.96. The molecule has 1 aliphatic heterocycles. The van der Waals surface area contributed by atoms with Crippen molar-refractivity contribution in [3.05, 3.63) is 118 Å². The smallest absolute Gasteiger partial charge is 0.255 e. The predicted octanol–water partition coefficient (Wildman–Crippen LogP) is 5.10. The van der Waals surface area contributed by atoms with Crippen LogP contribution in [0, 0.1) is 11.7 Å². The molecule has 3 aromatic carbocycles. The van der Waals surface area contributed by atoms with Crippen molar-refractivity contribution in [1.29, 1.82) is 0 Å². The Hall–Kier alpha value is -4.23. The zero-order chi connectivity index (χ0) is 25.2. The average Bonchev–Trinajstić information content (AvgIpc) is 2.89. The highest BCUT2D eigenvalue weighted by molar-refractivity contribution is 6.03. The minimum absolute atomic E-state index is 0.0651. The zero-order valence-corrected chi connectivity index (χ0v) is 19.3. The number of nitrogens with zero attached hydrogens (tertiary/aromatic N) is 1. The summed E-state index contributed by atoms with van der Waals surface area (Å²) in [4.78, 5) is 29.8. The van der Waals surface area contributed by atoms with Crippen molar-refractivity contribution in [2.24, 2.45) is 5.92 Å². The number of aromatic hydroxyl groups is 1. The van der Waals surface area contributed by atoms with E-state index in [1.807, 2.05) is 24.3 Å². The van der Waals surface area contributed by atoms with E-state index in [1.165, 1.54) is 12.1 Å². The molecule has 0 spiro atoms. The number of aromatic nitrogens is 1. The van der Waals surface area contributed by atoms with Crippen LogP contribution in [0.4, 0.5) is 10.1 Å². The molecule has 3 N–H and O–H groups in total. The topological polar surface area (TPSA) is 93.6 Å². The molecule has 0 aliphatic carbocycles. The highest BCUT2D eigenvalue weighted by Crippen LogP contribution is 2.46. The highest BCUT2D eigenvalue weighted by atomic mass is 19.1. The number of phenolic OH excluding ortho intramolecular Hbond substituents is 1. The maximum Gasteiger partial charge on any atom is 0.255 e. The Kier molecular flexibility index (Phi) is 6.40. The van der Waals surface area contributed by atoms with Crippen molar-refractivity contribution in [2.45, 2.75) is 25.0 Å². The Labute approximate surface area is 207 Å². The Morgan fingerprint density at radius 1 is 0.917 bits per heavy atom. The van der Waals surface area contributed by atoms with Crippen LogP contribution in [0.2, 0.25) is 0 Å². The van der Waals surface area contributed by atoms with Gasteiger partial charge in [-0.1, -0.05) is 36.4 Å². The van der Waals surface area contributed by atoms with Gasteiger partial charge in [-0.2, -0.15) is 0 Å². The fraction of sp³-hybridized carbons (Fsp3) is 0.172. The third-order valence-electron chi connectivity index (χ3n) is 6.73. The molecule has 4 aromatic rings. The molecule has 36 heavy (non-hydrogen) atoms. The third kappa shape index (κ3) is 4.53. The fourth-order valence-electron chi connectivity index (χ4n) is 4.81. The summed E-state index contributed by atoms with van der Waals surface area (Å²) in [5.41, 5.74) is 3.27. The molecule has 1 fully saturated rings. The van der Waals surface area contributed by atoms with Gasteiger partial charge in [-0.3, -0.25) is 9.59 Å². The lowest BCUT2D eigenvalue weighted by molar-refractivity contribution is -0.131. The second-order valence-corrected chi connectivity index (χ2v) is 8.96. The Morgan fingerprint density at radius 2 is 1.61 bits per heavy atom. The van der Waals surface area contributed by atoms with Gasteiger partial charge in [0.25, 0.3) is 5.56 Å². The number of pyridine rings is 1. The van der Waals surface area contributed by atoms with Gasteiger partial charge in [-0.05, 0) is 78.1 Å². The molecule has 3 atom stereocenters. The van der Waals surface area contributed by atoms with E-state index in [2.05, 4.69) is 4.98 Å². The average molecular weight is 485 g/mol. The van der Waals surface area contributed by atoms with E-state index in [-0.39, 0.29) is 35.0 Å². The van der Waals surface area contributed by atoms with Crippen LogP contribution in [0.1, 0.15) is 36.1 Å². The summed E-state index contributed by atoms with van der Waals surface area (Å²) < 4.78 is 13.2. The summed E-state index contributed by atoms with van der Waals surface area (Å²) in [5.74, 6) is -0.659. The van der Waals surface area contributed by atoms with Gasteiger partial charge < -0.3 is 20.1 Å².